The molecule has 1 fully saturated rings. The predicted octanol–water partition coefficient (Wildman–Crippen LogP) is 1.21. The van der Waals surface area contributed by atoms with Gasteiger partial charge in [-0.15, -0.1) is 0 Å². The highest BCUT2D eigenvalue weighted by atomic mass is 19.1. The molecule has 25 heavy (non-hydrogen) atoms. The third kappa shape index (κ3) is 3.24. The maximum atomic E-state index is 13.3. The average molecular weight is 344 g/mol. The van der Waals surface area contributed by atoms with Crippen LogP contribution in [0.1, 0.15) is 11.3 Å². The van der Waals surface area contributed by atoms with E-state index in [-0.39, 0.29) is 11.7 Å². The molecule has 1 aromatic heterocycles. The molecule has 1 saturated heterocycles. The molecular formula is C18H21FN4O2. The molecular weight excluding hydrogens is 323 g/mol. The molecule has 0 bridgehead atoms. The highest BCUT2D eigenvalue weighted by molar-refractivity contribution is 5.82. The van der Waals surface area contributed by atoms with Crippen LogP contribution in [0.2, 0.25) is 0 Å². The van der Waals surface area contributed by atoms with E-state index < -0.39 is 6.10 Å². The molecule has 0 radical (unpaired) electrons. The van der Waals surface area contributed by atoms with Crippen LogP contribution in [-0.4, -0.2) is 57.8 Å². The maximum Gasteiger partial charge on any atom is 0.264 e. The number of fused-ring (bicyclic) bond motifs is 1. The summed E-state index contributed by atoms with van der Waals surface area (Å²) < 4.78 is 20.9. The fourth-order valence-corrected chi connectivity index (χ4v) is 3.47. The zero-order chi connectivity index (χ0) is 17.4. The third-order valence-corrected chi connectivity index (χ3v) is 4.96. The molecule has 0 saturated carbocycles. The van der Waals surface area contributed by atoms with Crippen LogP contribution in [0.5, 0.6) is 5.75 Å². The van der Waals surface area contributed by atoms with Crippen molar-refractivity contribution in [1.82, 2.24) is 19.6 Å². The number of ether oxygens (including phenoxy) is 1. The average Bonchev–Trinajstić information content (AvgIpc) is 3.21. The molecule has 1 unspecified atom stereocenters. The highest BCUT2D eigenvalue weighted by Gasteiger charge is 2.34. The lowest BCUT2D eigenvalue weighted by Gasteiger charge is -2.35. The summed E-state index contributed by atoms with van der Waals surface area (Å²) in [7, 11) is 1.94. The second-order valence-electron chi connectivity index (χ2n) is 6.61. The summed E-state index contributed by atoms with van der Waals surface area (Å²) >= 11 is 0. The first kappa shape index (κ1) is 16.1. The summed E-state index contributed by atoms with van der Waals surface area (Å²) in [6.07, 6.45) is 1.72. The van der Waals surface area contributed by atoms with Gasteiger partial charge >= 0.3 is 0 Å². The number of benzene rings is 1. The van der Waals surface area contributed by atoms with E-state index >= 15 is 0 Å². The molecule has 4 rings (SSSR count). The van der Waals surface area contributed by atoms with Crippen LogP contribution in [0, 0.1) is 5.82 Å². The number of nitrogens with zero attached hydrogens (tertiary/aromatic N) is 4. The fourth-order valence-electron chi connectivity index (χ4n) is 3.47. The number of rotatable bonds is 3. The van der Waals surface area contributed by atoms with Gasteiger partial charge in [0.05, 0.1) is 5.69 Å². The molecule has 1 amide bonds. The SMILES string of the molecule is Cn1nccc1CN1CCN(C(=O)C2Cc3cc(F)ccc3O2)CC1. The second-order valence-corrected chi connectivity index (χ2v) is 6.61. The van der Waals surface area contributed by atoms with E-state index in [4.69, 9.17) is 4.74 Å². The van der Waals surface area contributed by atoms with Crippen LogP contribution >= 0.6 is 0 Å². The Labute approximate surface area is 145 Å². The number of carbonyl (C=O) groups excluding carboxylic acids is 1. The van der Waals surface area contributed by atoms with Gasteiger partial charge in [0, 0.05) is 58.0 Å². The number of aryl methyl sites for hydroxylation is 1. The maximum absolute atomic E-state index is 13.3. The monoisotopic (exact) mass is 344 g/mol. The van der Waals surface area contributed by atoms with Crippen LogP contribution in [-0.2, 0) is 24.8 Å². The Balaban J connectivity index is 1.32. The van der Waals surface area contributed by atoms with Gasteiger partial charge in [0.1, 0.15) is 11.6 Å². The zero-order valence-electron chi connectivity index (χ0n) is 14.2. The number of amides is 1. The minimum absolute atomic E-state index is 0.00297. The molecule has 2 aromatic rings. The van der Waals surface area contributed by atoms with Gasteiger partial charge in [-0.1, -0.05) is 0 Å². The minimum atomic E-state index is -0.527. The molecule has 7 heteroatoms. The van der Waals surface area contributed by atoms with Gasteiger partial charge in [0.15, 0.2) is 6.10 Å². The minimum Gasteiger partial charge on any atom is -0.480 e. The van der Waals surface area contributed by atoms with Gasteiger partial charge in [-0.2, -0.15) is 5.10 Å². The van der Waals surface area contributed by atoms with Gasteiger partial charge in [-0.25, -0.2) is 4.39 Å². The summed E-state index contributed by atoms with van der Waals surface area (Å²) in [6, 6.07) is 6.43. The Bertz CT molecular complexity index is 783. The molecule has 0 spiro atoms. The molecule has 0 N–H and O–H groups in total. The van der Waals surface area contributed by atoms with Crippen LogP contribution in [0.15, 0.2) is 30.5 Å². The molecule has 1 atom stereocenters. The van der Waals surface area contributed by atoms with Gasteiger partial charge in [-0.05, 0) is 24.3 Å². The summed E-state index contributed by atoms with van der Waals surface area (Å²) in [6.45, 7) is 3.85. The first-order chi connectivity index (χ1) is 12.1. The first-order valence-electron chi connectivity index (χ1n) is 8.53. The summed E-state index contributed by atoms with van der Waals surface area (Å²) in [4.78, 5) is 16.9. The normalized spacial score (nSPS) is 20.4. The van der Waals surface area contributed by atoms with Crippen molar-refractivity contribution in [3.05, 3.63) is 47.5 Å². The fraction of sp³-hybridized carbons (Fsp3) is 0.444. The van der Waals surface area contributed by atoms with Crippen LogP contribution in [0.4, 0.5) is 4.39 Å². The van der Waals surface area contributed by atoms with Crippen molar-refractivity contribution in [2.24, 2.45) is 7.05 Å². The zero-order valence-corrected chi connectivity index (χ0v) is 14.2. The molecule has 2 aliphatic heterocycles. The van der Waals surface area contributed by atoms with Crippen LogP contribution in [0.25, 0.3) is 0 Å². The van der Waals surface area contributed by atoms with Crippen LogP contribution in [0.3, 0.4) is 0 Å². The van der Waals surface area contributed by atoms with Crippen molar-refractivity contribution in [2.75, 3.05) is 26.2 Å². The Morgan fingerprint density at radius 2 is 2.08 bits per heavy atom. The topological polar surface area (TPSA) is 50.6 Å². The Kier molecular flexibility index (Phi) is 4.17. The summed E-state index contributed by atoms with van der Waals surface area (Å²) in [5.41, 5.74) is 1.93. The number of halogens is 1. The van der Waals surface area contributed by atoms with E-state index in [0.29, 0.717) is 25.3 Å². The lowest BCUT2D eigenvalue weighted by atomic mass is 10.1. The molecule has 3 heterocycles. The molecule has 132 valence electrons. The standard InChI is InChI=1S/C18H21FN4O2/c1-21-15(4-5-20-21)12-22-6-8-23(9-7-22)18(24)17-11-13-10-14(19)2-3-16(13)25-17/h2-5,10,17H,6-9,11-12H2,1H3. The molecule has 0 aliphatic carbocycles. The van der Waals surface area contributed by atoms with Crippen molar-refractivity contribution < 1.29 is 13.9 Å². The third-order valence-electron chi connectivity index (χ3n) is 4.96. The molecule has 6 nitrogen and oxygen atoms in total. The second kappa shape index (κ2) is 6.48. The van der Waals surface area contributed by atoms with Crippen molar-refractivity contribution in [3.8, 4) is 5.75 Å². The van der Waals surface area contributed by atoms with Crippen LogP contribution < -0.4 is 4.74 Å². The van der Waals surface area contributed by atoms with Crippen molar-refractivity contribution in [2.45, 2.75) is 19.1 Å². The van der Waals surface area contributed by atoms with E-state index in [1.807, 2.05) is 22.7 Å². The number of hydrogen-bond donors (Lipinski definition) is 0. The lowest BCUT2D eigenvalue weighted by Crippen LogP contribution is -2.52. The summed E-state index contributed by atoms with van der Waals surface area (Å²) in [5, 5.41) is 4.19. The van der Waals surface area contributed by atoms with E-state index in [2.05, 4.69) is 10.00 Å². The largest absolute Gasteiger partial charge is 0.480 e. The first-order valence-corrected chi connectivity index (χ1v) is 8.53. The van der Waals surface area contributed by atoms with E-state index in [1.165, 1.54) is 12.1 Å². The highest BCUT2D eigenvalue weighted by Crippen LogP contribution is 2.30. The van der Waals surface area contributed by atoms with E-state index in [1.54, 1.807) is 12.3 Å². The Morgan fingerprint density at radius 3 is 2.80 bits per heavy atom. The van der Waals surface area contributed by atoms with E-state index in [0.717, 1.165) is 30.9 Å². The molecule has 1 aromatic carbocycles. The smallest absolute Gasteiger partial charge is 0.264 e. The number of aromatic nitrogens is 2. The molecule has 2 aliphatic rings. The van der Waals surface area contributed by atoms with Gasteiger partial charge in [0.2, 0.25) is 0 Å². The van der Waals surface area contributed by atoms with E-state index in [9.17, 15) is 9.18 Å². The number of hydrogen-bond acceptors (Lipinski definition) is 4. The number of carbonyl (C=O) groups is 1. The van der Waals surface area contributed by atoms with Crippen molar-refractivity contribution in [1.29, 1.82) is 0 Å². The van der Waals surface area contributed by atoms with Gasteiger partial charge in [0.25, 0.3) is 5.91 Å². The predicted molar refractivity (Wildman–Crippen MR) is 89.6 cm³/mol. The van der Waals surface area contributed by atoms with Gasteiger partial charge in [-0.3, -0.25) is 14.4 Å². The van der Waals surface area contributed by atoms with Crippen molar-refractivity contribution in [3.63, 3.8) is 0 Å². The Hall–Kier alpha value is -2.41. The Morgan fingerprint density at radius 1 is 1.28 bits per heavy atom. The summed E-state index contributed by atoms with van der Waals surface area (Å²) in [5.74, 6) is 0.325. The van der Waals surface area contributed by atoms with Gasteiger partial charge < -0.3 is 9.64 Å². The number of piperazine rings is 1. The quantitative estimate of drug-likeness (QED) is 0.840. The lowest BCUT2D eigenvalue weighted by molar-refractivity contribution is -0.139. The van der Waals surface area contributed by atoms with Crippen molar-refractivity contribution >= 4 is 5.91 Å².